The molecule has 2 amide bonds. The second kappa shape index (κ2) is 8.15. The minimum absolute atomic E-state index is 0.109. The lowest BCUT2D eigenvalue weighted by Gasteiger charge is -2.35. The van der Waals surface area contributed by atoms with Gasteiger partial charge in [0.05, 0.1) is 13.0 Å². The van der Waals surface area contributed by atoms with E-state index >= 15 is 0 Å². The molecule has 1 saturated carbocycles. The van der Waals surface area contributed by atoms with Gasteiger partial charge in [0.2, 0.25) is 11.8 Å². The molecule has 1 atom stereocenters. The number of piperidine rings is 1. The summed E-state index contributed by atoms with van der Waals surface area (Å²) >= 11 is 0. The van der Waals surface area contributed by atoms with Crippen LogP contribution in [0.25, 0.3) is 0 Å². The van der Waals surface area contributed by atoms with E-state index in [0.29, 0.717) is 25.3 Å². The molecule has 2 fully saturated rings. The lowest BCUT2D eigenvalue weighted by molar-refractivity contribution is -0.143. The van der Waals surface area contributed by atoms with Crippen molar-refractivity contribution in [2.24, 2.45) is 11.8 Å². The van der Waals surface area contributed by atoms with E-state index in [1.54, 1.807) is 0 Å². The Morgan fingerprint density at radius 2 is 1.95 bits per heavy atom. The zero-order chi connectivity index (χ0) is 15.9. The maximum atomic E-state index is 12.1. The van der Waals surface area contributed by atoms with E-state index in [1.165, 1.54) is 39.2 Å². The number of hydrogen-bond acceptors (Lipinski definition) is 4. The first kappa shape index (κ1) is 16.8. The van der Waals surface area contributed by atoms with Crippen molar-refractivity contribution in [2.75, 3.05) is 26.7 Å². The average molecular weight is 310 g/mol. The molecule has 0 aromatic rings. The highest BCUT2D eigenvalue weighted by Gasteiger charge is 2.31. The van der Waals surface area contributed by atoms with Crippen molar-refractivity contribution in [3.8, 4) is 0 Å². The van der Waals surface area contributed by atoms with Crippen molar-refractivity contribution in [2.45, 2.75) is 44.9 Å². The normalized spacial score (nSPS) is 23.2. The van der Waals surface area contributed by atoms with Crippen LogP contribution in [0, 0.1) is 11.8 Å². The zero-order valence-corrected chi connectivity index (χ0v) is 13.3. The van der Waals surface area contributed by atoms with Crippen molar-refractivity contribution < 1.29 is 19.1 Å². The van der Waals surface area contributed by atoms with Crippen LogP contribution in [0.3, 0.4) is 0 Å². The second-order valence-corrected chi connectivity index (χ2v) is 6.33. The largest absolute Gasteiger partial charge is 0.468 e. The molecular weight excluding hydrogens is 284 g/mol. The monoisotopic (exact) mass is 310 g/mol. The highest BCUT2D eigenvalue weighted by Crippen LogP contribution is 2.26. The van der Waals surface area contributed by atoms with Crippen molar-refractivity contribution in [3.05, 3.63) is 0 Å². The summed E-state index contributed by atoms with van der Waals surface area (Å²) in [7, 11) is 1.29. The summed E-state index contributed by atoms with van der Waals surface area (Å²) in [6, 6.07) is 0. The zero-order valence-electron chi connectivity index (χ0n) is 13.3. The highest BCUT2D eigenvalue weighted by atomic mass is 16.5. The number of carbonyl (C=O) groups is 3. The van der Waals surface area contributed by atoms with E-state index in [1.807, 2.05) is 4.90 Å². The van der Waals surface area contributed by atoms with Gasteiger partial charge in [-0.25, -0.2) is 0 Å². The van der Waals surface area contributed by atoms with Crippen LogP contribution in [0.4, 0.5) is 0 Å². The van der Waals surface area contributed by atoms with E-state index < -0.39 is 5.97 Å². The Morgan fingerprint density at radius 1 is 1.23 bits per heavy atom. The van der Waals surface area contributed by atoms with Gasteiger partial charge in [-0.05, 0) is 25.2 Å². The summed E-state index contributed by atoms with van der Waals surface area (Å²) in [5.74, 6) is -0.103. The van der Waals surface area contributed by atoms with Crippen LogP contribution in [0.2, 0.25) is 0 Å². The van der Waals surface area contributed by atoms with Gasteiger partial charge in [-0.15, -0.1) is 0 Å². The fourth-order valence-corrected chi connectivity index (χ4v) is 3.36. The smallest absolute Gasteiger partial charge is 0.325 e. The van der Waals surface area contributed by atoms with Gasteiger partial charge < -0.3 is 15.0 Å². The fourth-order valence-electron chi connectivity index (χ4n) is 3.36. The van der Waals surface area contributed by atoms with E-state index in [-0.39, 0.29) is 24.3 Å². The molecule has 1 unspecified atom stereocenters. The Balaban J connectivity index is 1.82. The van der Waals surface area contributed by atoms with Crippen LogP contribution >= 0.6 is 0 Å². The third kappa shape index (κ3) is 4.71. The molecule has 22 heavy (non-hydrogen) atoms. The van der Waals surface area contributed by atoms with Gasteiger partial charge in [-0.2, -0.15) is 0 Å². The van der Waals surface area contributed by atoms with Crippen molar-refractivity contribution in [1.82, 2.24) is 10.2 Å². The molecule has 0 radical (unpaired) electrons. The summed E-state index contributed by atoms with van der Waals surface area (Å²) in [5, 5.41) is 2.59. The standard InChI is InChI=1S/C16H26N2O4/c1-22-15(20)9-17-16(21)13-7-8-14(19)18(11-13)10-12-5-3-2-4-6-12/h12-13H,2-11H2,1H3,(H,17,21). The topological polar surface area (TPSA) is 75.7 Å². The maximum Gasteiger partial charge on any atom is 0.325 e. The Morgan fingerprint density at radius 3 is 2.64 bits per heavy atom. The minimum atomic E-state index is -0.459. The summed E-state index contributed by atoms with van der Waals surface area (Å²) in [6.45, 7) is 1.14. The number of hydrogen-bond donors (Lipinski definition) is 1. The lowest BCUT2D eigenvalue weighted by atomic mass is 9.87. The first-order valence-electron chi connectivity index (χ1n) is 8.22. The van der Waals surface area contributed by atoms with Gasteiger partial charge in [0.1, 0.15) is 6.54 Å². The minimum Gasteiger partial charge on any atom is -0.468 e. The molecule has 1 heterocycles. The molecule has 1 aliphatic heterocycles. The summed E-state index contributed by atoms with van der Waals surface area (Å²) in [4.78, 5) is 37.1. The molecule has 0 bridgehead atoms. The van der Waals surface area contributed by atoms with Crippen LogP contribution in [-0.4, -0.2) is 49.4 Å². The molecule has 1 saturated heterocycles. The Hall–Kier alpha value is -1.59. The van der Waals surface area contributed by atoms with Crippen LogP contribution in [0.1, 0.15) is 44.9 Å². The van der Waals surface area contributed by atoms with Gasteiger partial charge in [0, 0.05) is 19.5 Å². The van der Waals surface area contributed by atoms with Crippen molar-refractivity contribution in [3.63, 3.8) is 0 Å². The van der Waals surface area contributed by atoms with Crippen LogP contribution in [-0.2, 0) is 19.1 Å². The molecule has 0 aromatic heterocycles. The average Bonchev–Trinajstić information content (AvgIpc) is 2.55. The van der Waals surface area contributed by atoms with Gasteiger partial charge in [-0.3, -0.25) is 14.4 Å². The number of ether oxygens (including phenoxy) is 1. The molecule has 1 N–H and O–H groups in total. The number of esters is 1. The first-order valence-corrected chi connectivity index (χ1v) is 8.22. The van der Waals surface area contributed by atoms with Gasteiger partial charge >= 0.3 is 5.97 Å². The van der Waals surface area contributed by atoms with E-state index in [4.69, 9.17) is 0 Å². The molecule has 0 spiro atoms. The molecule has 6 heteroatoms. The molecule has 6 nitrogen and oxygen atoms in total. The fraction of sp³-hybridized carbons (Fsp3) is 0.812. The van der Waals surface area contributed by atoms with Gasteiger partial charge in [0.25, 0.3) is 0 Å². The van der Waals surface area contributed by atoms with E-state index in [9.17, 15) is 14.4 Å². The Kier molecular flexibility index (Phi) is 6.21. The number of methoxy groups -OCH3 is 1. The number of nitrogens with zero attached hydrogens (tertiary/aromatic N) is 1. The lowest BCUT2D eigenvalue weighted by Crippen LogP contribution is -2.48. The molecule has 0 aromatic carbocycles. The Bertz CT molecular complexity index is 418. The first-order chi connectivity index (χ1) is 10.6. The second-order valence-electron chi connectivity index (χ2n) is 6.33. The van der Waals surface area contributed by atoms with Crippen LogP contribution in [0.15, 0.2) is 0 Å². The molecule has 2 rings (SSSR count). The third-order valence-electron chi connectivity index (χ3n) is 4.71. The molecule has 124 valence electrons. The third-order valence-corrected chi connectivity index (χ3v) is 4.71. The molecule has 2 aliphatic rings. The quantitative estimate of drug-likeness (QED) is 0.771. The number of rotatable bonds is 5. The number of carbonyl (C=O) groups excluding carboxylic acids is 3. The molecule has 1 aliphatic carbocycles. The van der Waals surface area contributed by atoms with E-state index in [0.717, 1.165) is 6.54 Å². The SMILES string of the molecule is COC(=O)CNC(=O)C1CCC(=O)N(CC2CCCCC2)C1. The maximum absolute atomic E-state index is 12.1. The summed E-state index contributed by atoms with van der Waals surface area (Å²) < 4.78 is 4.51. The van der Waals surface area contributed by atoms with Crippen molar-refractivity contribution in [1.29, 1.82) is 0 Å². The van der Waals surface area contributed by atoms with Crippen molar-refractivity contribution >= 4 is 17.8 Å². The Labute approximate surface area is 131 Å². The summed E-state index contributed by atoms with van der Waals surface area (Å²) in [5.41, 5.74) is 0. The predicted octanol–water partition coefficient (Wildman–Crippen LogP) is 1.09. The van der Waals surface area contributed by atoms with Gasteiger partial charge in [-0.1, -0.05) is 19.3 Å². The van der Waals surface area contributed by atoms with E-state index in [2.05, 4.69) is 10.1 Å². The number of likely N-dealkylation sites (tertiary alicyclic amines) is 1. The predicted molar refractivity (Wildman–Crippen MR) is 80.9 cm³/mol. The summed E-state index contributed by atoms with van der Waals surface area (Å²) in [6.07, 6.45) is 7.14. The van der Waals surface area contributed by atoms with Crippen LogP contribution < -0.4 is 5.32 Å². The highest BCUT2D eigenvalue weighted by molar-refractivity contribution is 5.86. The number of amides is 2. The van der Waals surface area contributed by atoms with Gasteiger partial charge in [0.15, 0.2) is 0 Å². The molecular formula is C16H26N2O4. The number of nitrogens with one attached hydrogen (secondary N) is 1. The van der Waals surface area contributed by atoms with Crippen LogP contribution in [0.5, 0.6) is 0 Å².